The molecule has 0 spiro atoms. The van der Waals surface area contributed by atoms with Crippen molar-refractivity contribution in [1.82, 2.24) is 0 Å². The van der Waals surface area contributed by atoms with Gasteiger partial charge in [0.05, 0.1) is 20.4 Å². The maximum absolute atomic E-state index is 12.6. The number of nitrogens with zero attached hydrogens (tertiary/aromatic N) is 1. The fraction of sp³-hybridized carbons (Fsp3) is 0. The SMILES string of the molecule is O=C(Nc1cccc([N+](=O)[O-])c1)c1cc(S(=O)(=O)Nc2ccccc2)ccc1Cl. The topological polar surface area (TPSA) is 118 Å². The van der Waals surface area contributed by atoms with Crippen LogP contribution in [0.3, 0.4) is 0 Å². The lowest BCUT2D eigenvalue weighted by Gasteiger charge is -2.11. The fourth-order valence-electron chi connectivity index (χ4n) is 2.46. The van der Waals surface area contributed by atoms with Crippen molar-refractivity contribution in [2.24, 2.45) is 0 Å². The number of para-hydroxylation sites is 1. The minimum Gasteiger partial charge on any atom is -0.322 e. The summed E-state index contributed by atoms with van der Waals surface area (Å²) in [5.41, 5.74) is 0.257. The summed E-state index contributed by atoms with van der Waals surface area (Å²) in [6.45, 7) is 0. The van der Waals surface area contributed by atoms with Gasteiger partial charge in [0.1, 0.15) is 0 Å². The molecule has 0 atom stereocenters. The van der Waals surface area contributed by atoms with Crippen molar-refractivity contribution in [2.45, 2.75) is 4.90 Å². The molecule has 29 heavy (non-hydrogen) atoms. The number of carbonyl (C=O) groups excluding carboxylic acids is 1. The van der Waals surface area contributed by atoms with Crippen LogP contribution in [0.15, 0.2) is 77.7 Å². The first-order chi connectivity index (χ1) is 13.8. The first-order valence-electron chi connectivity index (χ1n) is 8.19. The van der Waals surface area contributed by atoms with E-state index in [1.54, 1.807) is 30.3 Å². The second-order valence-corrected chi connectivity index (χ2v) is 7.96. The lowest BCUT2D eigenvalue weighted by Crippen LogP contribution is -2.16. The van der Waals surface area contributed by atoms with Crippen LogP contribution in [0.25, 0.3) is 0 Å². The minimum absolute atomic E-state index is 0.0339. The number of rotatable bonds is 6. The van der Waals surface area contributed by atoms with Gasteiger partial charge in [0.25, 0.3) is 21.6 Å². The first kappa shape index (κ1) is 20.3. The lowest BCUT2D eigenvalue weighted by molar-refractivity contribution is -0.384. The molecule has 0 saturated carbocycles. The zero-order valence-corrected chi connectivity index (χ0v) is 16.3. The van der Waals surface area contributed by atoms with Gasteiger partial charge in [-0.1, -0.05) is 35.9 Å². The number of carbonyl (C=O) groups is 1. The Labute approximate surface area is 171 Å². The van der Waals surface area contributed by atoms with Crippen LogP contribution in [0.5, 0.6) is 0 Å². The van der Waals surface area contributed by atoms with E-state index in [9.17, 15) is 23.3 Å². The Morgan fingerprint density at radius 1 is 0.931 bits per heavy atom. The third kappa shape index (κ3) is 4.89. The second kappa shape index (κ2) is 8.29. The molecule has 0 unspecified atom stereocenters. The van der Waals surface area contributed by atoms with E-state index in [2.05, 4.69) is 10.0 Å². The van der Waals surface area contributed by atoms with E-state index < -0.39 is 20.9 Å². The van der Waals surface area contributed by atoms with E-state index in [1.807, 2.05) is 0 Å². The Morgan fingerprint density at radius 2 is 1.62 bits per heavy atom. The maximum Gasteiger partial charge on any atom is 0.271 e. The molecule has 8 nitrogen and oxygen atoms in total. The van der Waals surface area contributed by atoms with Crippen molar-refractivity contribution in [2.75, 3.05) is 10.0 Å². The van der Waals surface area contributed by atoms with Crippen LogP contribution < -0.4 is 10.0 Å². The largest absolute Gasteiger partial charge is 0.322 e. The molecule has 0 aromatic heterocycles. The molecule has 3 aromatic rings. The van der Waals surface area contributed by atoms with Crippen LogP contribution in [0.1, 0.15) is 10.4 Å². The summed E-state index contributed by atoms with van der Waals surface area (Å²) in [6.07, 6.45) is 0. The highest BCUT2D eigenvalue weighted by molar-refractivity contribution is 7.92. The molecule has 10 heteroatoms. The molecule has 0 heterocycles. The summed E-state index contributed by atoms with van der Waals surface area (Å²) >= 11 is 6.07. The number of nitro groups is 1. The summed E-state index contributed by atoms with van der Waals surface area (Å²) in [6, 6.07) is 17.3. The number of benzene rings is 3. The molecular formula is C19H14ClN3O5S. The summed E-state index contributed by atoms with van der Waals surface area (Å²) < 4.78 is 27.6. The Hall–Kier alpha value is -3.43. The highest BCUT2D eigenvalue weighted by Crippen LogP contribution is 2.24. The second-order valence-electron chi connectivity index (χ2n) is 5.87. The van der Waals surface area contributed by atoms with Gasteiger partial charge in [-0.05, 0) is 36.4 Å². The van der Waals surface area contributed by atoms with Crippen LogP contribution >= 0.6 is 11.6 Å². The standard InChI is InChI=1S/C19H14ClN3O5S/c20-18-10-9-16(29(27,28)22-13-5-2-1-3-6-13)12-17(18)19(24)21-14-7-4-8-15(11-14)23(25)26/h1-12,22H,(H,21,24). The predicted molar refractivity (Wildman–Crippen MR) is 110 cm³/mol. The molecule has 0 aliphatic carbocycles. The van der Waals surface area contributed by atoms with E-state index in [-0.39, 0.29) is 26.9 Å². The van der Waals surface area contributed by atoms with E-state index in [0.717, 1.165) is 6.07 Å². The molecule has 3 aromatic carbocycles. The smallest absolute Gasteiger partial charge is 0.271 e. The summed E-state index contributed by atoms with van der Waals surface area (Å²) in [7, 11) is -3.95. The summed E-state index contributed by atoms with van der Waals surface area (Å²) in [5, 5.41) is 13.4. The van der Waals surface area contributed by atoms with Gasteiger partial charge in [-0.2, -0.15) is 0 Å². The van der Waals surface area contributed by atoms with E-state index in [1.165, 1.54) is 36.4 Å². The highest BCUT2D eigenvalue weighted by Gasteiger charge is 2.19. The third-order valence-corrected chi connectivity index (χ3v) is 5.54. The number of nitro benzene ring substituents is 1. The average Bonchev–Trinajstić information content (AvgIpc) is 2.68. The predicted octanol–water partition coefficient (Wildman–Crippen LogP) is 4.30. The maximum atomic E-state index is 12.6. The van der Waals surface area contributed by atoms with Crippen molar-refractivity contribution in [3.8, 4) is 0 Å². The van der Waals surface area contributed by atoms with Crippen LogP contribution in [-0.2, 0) is 10.0 Å². The number of anilines is 2. The molecule has 1 amide bonds. The van der Waals surface area contributed by atoms with Gasteiger partial charge in [0, 0.05) is 23.5 Å². The van der Waals surface area contributed by atoms with Gasteiger partial charge in [-0.3, -0.25) is 19.6 Å². The molecule has 0 saturated heterocycles. The van der Waals surface area contributed by atoms with Crippen molar-refractivity contribution in [3.05, 3.63) is 93.5 Å². The van der Waals surface area contributed by atoms with Crippen LogP contribution in [0.4, 0.5) is 17.1 Å². The Bertz CT molecular complexity index is 1180. The van der Waals surface area contributed by atoms with Gasteiger partial charge in [0.2, 0.25) is 0 Å². The minimum atomic E-state index is -3.95. The number of sulfonamides is 1. The Kier molecular flexibility index (Phi) is 5.81. The normalized spacial score (nSPS) is 10.9. The molecule has 0 bridgehead atoms. The molecular weight excluding hydrogens is 418 g/mol. The fourth-order valence-corrected chi connectivity index (χ4v) is 3.75. The van der Waals surface area contributed by atoms with Gasteiger partial charge in [-0.15, -0.1) is 0 Å². The number of nitrogens with one attached hydrogen (secondary N) is 2. The van der Waals surface area contributed by atoms with Crippen molar-refractivity contribution in [3.63, 3.8) is 0 Å². The number of halogens is 1. The van der Waals surface area contributed by atoms with E-state index >= 15 is 0 Å². The zero-order valence-electron chi connectivity index (χ0n) is 14.7. The molecule has 0 aliphatic rings. The monoisotopic (exact) mass is 431 g/mol. The van der Waals surface area contributed by atoms with Gasteiger partial charge < -0.3 is 5.32 Å². The summed E-state index contributed by atoms with van der Waals surface area (Å²) in [5.74, 6) is -0.702. The quantitative estimate of drug-likeness (QED) is 0.445. The number of non-ortho nitro benzene ring substituents is 1. The van der Waals surface area contributed by atoms with Crippen LogP contribution in [0.2, 0.25) is 5.02 Å². The zero-order chi connectivity index (χ0) is 21.0. The third-order valence-electron chi connectivity index (χ3n) is 3.83. The lowest BCUT2D eigenvalue weighted by atomic mass is 10.2. The van der Waals surface area contributed by atoms with Crippen molar-refractivity contribution in [1.29, 1.82) is 0 Å². The molecule has 148 valence electrons. The Morgan fingerprint density at radius 3 is 2.31 bits per heavy atom. The highest BCUT2D eigenvalue weighted by atomic mass is 35.5. The molecule has 0 radical (unpaired) electrons. The number of hydrogen-bond donors (Lipinski definition) is 2. The molecule has 0 aliphatic heterocycles. The molecule has 0 fully saturated rings. The number of amides is 1. The van der Waals surface area contributed by atoms with Crippen molar-refractivity contribution < 1.29 is 18.1 Å². The Balaban J connectivity index is 1.88. The van der Waals surface area contributed by atoms with Crippen LogP contribution in [0, 0.1) is 10.1 Å². The van der Waals surface area contributed by atoms with Gasteiger partial charge in [-0.25, -0.2) is 8.42 Å². The number of hydrogen-bond acceptors (Lipinski definition) is 5. The van der Waals surface area contributed by atoms with Gasteiger partial charge >= 0.3 is 0 Å². The molecule has 2 N–H and O–H groups in total. The van der Waals surface area contributed by atoms with E-state index in [0.29, 0.717) is 5.69 Å². The molecule has 3 rings (SSSR count). The van der Waals surface area contributed by atoms with Crippen molar-refractivity contribution >= 4 is 44.6 Å². The first-order valence-corrected chi connectivity index (χ1v) is 10.1. The van der Waals surface area contributed by atoms with Crippen LogP contribution in [-0.4, -0.2) is 19.2 Å². The average molecular weight is 432 g/mol. The van der Waals surface area contributed by atoms with Gasteiger partial charge in [0.15, 0.2) is 0 Å². The summed E-state index contributed by atoms with van der Waals surface area (Å²) in [4.78, 5) is 22.7. The van der Waals surface area contributed by atoms with E-state index in [4.69, 9.17) is 11.6 Å².